The van der Waals surface area contributed by atoms with Crippen LogP contribution in [-0.4, -0.2) is 6.04 Å². The molecule has 0 aliphatic heterocycles. The van der Waals surface area contributed by atoms with Gasteiger partial charge < -0.3 is 5.32 Å². The second-order valence-electron chi connectivity index (χ2n) is 5.22. The molecule has 1 aliphatic carbocycles. The first-order chi connectivity index (χ1) is 7.05. The lowest BCUT2D eigenvalue weighted by molar-refractivity contribution is 0.364. The molecule has 84 valence electrons. The minimum Gasteiger partial charge on any atom is -0.309 e. The van der Waals surface area contributed by atoms with Crippen molar-refractivity contribution < 1.29 is 0 Å². The van der Waals surface area contributed by atoms with E-state index in [1.54, 1.807) is 0 Å². The first-order valence-corrected chi connectivity index (χ1v) is 7.19. The summed E-state index contributed by atoms with van der Waals surface area (Å²) < 4.78 is 1.20. The molecule has 0 radical (unpaired) electrons. The summed E-state index contributed by atoms with van der Waals surface area (Å²) in [5, 5.41) is 5.80. The van der Waals surface area contributed by atoms with Crippen LogP contribution in [0.25, 0.3) is 0 Å². The maximum Gasteiger partial charge on any atom is 0.0302 e. The molecular formula is C12H18BrNS. The Morgan fingerprint density at radius 1 is 1.60 bits per heavy atom. The lowest BCUT2D eigenvalue weighted by atomic mass is 9.92. The molecule has 1 unspecified atom stereocenters. The van der Waals surface area contributed by atoms with Crippen molar-refractivity contribution >= 4 is 27.3 Å². The lowest BCUT2D eigenvalue weighted by Crippen LogP contribution is -2.26. The van der Waals surface area contributed by atoms with E-state index in [9.17, 15) is 0 Å². The van der Waals surface area contributed by atoms with Crippen molar-refractivity contribution in [2.75, 3.05) is 0 Å². The van der Waals surface area contributed by atoms with Crippen LogP contribution in [0.3, 0.4) is 0 Å². The Balaban J connectivity index is 1.80. The third-order valence-electron chi connectivity index (χ3n) is 3.16. The van der Waals surface area contributed by atoms with E-state index in [0.29, 0.717) is 5.41 Å². The molecule has 15 heavy (non-hydrogen) atoms. The molecular weight excluding hydrogens is 270 g/mol. The van der Waals surface area contributed by atoms with Crippen LogP contribution >= 0.6 is 27.3 Å². The van der Waals surface area contributed by atoms with Crippen molar-refractivity contribution in [3.63, 3.8) is 0 Å². The Hall–Kier alpha value is 0.140. The van der Waals surface area contributed by atoms with Crippen LogP contribution in [0.4, 0.5) is 0 Å². The zero-order chi connectivity index (χ0) is 10.9. The molecule has 1 saturated carbocycles. The fraction of sp³-hybridized carbons (Fsp3) is 0.667. The van der Waals surface area contributed by atoms with Crippen molar-refractivity contribution in [3.8, 4) is 0 Å². The van der Waals surface area contributed by atoms with E-state index in [1.807, 2.05) is 11.3 Å². The van der Waals surface area contributed by atoms with Gasteiger partial charge in [-0.25, -0.2) is 0 Å². The molecule has 1 fully saturated rings. The van der Waals surface area contributed by atoms with Gasteiger partial charge in [-0.05, 0) is 46.7 Å². The van der Waals surface area contributed by atoms with Gasteiger partial charge in [0.05, 0.1) is 0 Å². The topological polar surface area (TPSA) is 12.0 Å². The normalized spacial score (nSPS) is 24.6. The van der Waals surface area contributed by atoms with Crippen molar-refractivity contribution in [2.45, 2.75) is 45.7 Å². The average molecular weight is 288 g/mol. The Morgan fingerprint density at radius 3 is 2.93 bits per heavy atom. The molecule has 2 rings (SSSR count). The van der Waals surface area contributed by atoms with E-state index in [4.69, 9.17) is 0 Å². The van der Waals surface area contributed by atoms with Gasteiger partial charge in [-0.1, -0.05) is 13.8 Å². The van der Waals surface area contributed by atoms with Gasteiger partial charge in [0.1, 0.15) is 0 Å². The van der Waals surface area contributed by atoms with Crippen molar-refractivity contribution in [2.24, 2.45) is 5.41 Å². The first kappa shape index (κ1) is 11.6. The molecule has 0 amide bonds. The molecule has 0 spiro atoms. The van der Waals surface area contributed by atoms with Crippen molar-refractivity contribution in [1.29, 1.82) is 0 Å². The summed E-state index contributed by atoms with van der Waals surface area (Å²) in [6, 6.07) is 2.93. The SMILES string of the molecule is CC1(C)CCC(NCc2cc(Br)cs2)C1. The van der Waals surface area contributed by atoms with Crippen molar-refractivity contribution in [1.82, 2.24) is 5.32 Å². The van der Waals surface area contributed by atoms with Gasteiger partial charge in [-0.15, -0.1) is 11.3 Å². The van der Waals surface area contributed by atoms with Crippen molar-refractivity contribution in [3.05, 3.63) is 20.8 Å². The summed E-state index contributed by atoms with van der Waals surface area (Å²) in [4.78, 5) is 1.42. The standard InChI is InChI=1S/C12H18BrNS/c1-12(2)4-3-10(6-12)14-7-11-5-9(13)8-15-11/h5,8,10,14H,3-4,6-7H2,1-2H3. The van der Waals surface area contributed by atoms with Crippen LogP contribution in [0.5, 0.6) is 0 Å². The molecule has 3 heteroatoms. The third kappa shape index (κ3) is 3.30. The fourth-order valence-corrected chi connectivity index (χ4v) is 3.70. The van der Waals surface area contributed by atoms with Crippen LogP contribution in [-0.2, 0) is 6.54 Å². The summed E-state index contributed by atoms with van der Waals surface area (Å²) >= 11 is 5.31. The highest BCUT2D eigenvalue weighted by Crippen LogP contribution is 2.37. The molecule has 0 aromatic carbocycles. The predicted molar refractivity (Wildman–Crippen MR) is 70.3 cm³/mol. The molecule has 1 nitrogen and oxygen atoms in total. The summed E-state index contributed by atoms with van der Waals surface area (Å²) in [6.07, 6.45) is 4.01. The largest absolute Gasteiger partial charge is 0.309 e. The third-order valence-corrected chi connectivity index (χ3v) is 4.85. The molecule has 1 N–H and O–H groups in total. The van der Waals surface area contributed by atoms with Crippen LogP contribution in [0, 0.1) is 5.41 Å². The molecule has 1 aromatic heterocycles. The highest BCUT2D eigenvalue weighted by atomic mass is 79.9. The van der Waals surface area contributed by atoms with Gasteiger partial charge >= 0.3 is 0 Å². The van der Waals surface area contributed by atoms with Gasteiger partial charge in [-0.3, -0.25) is 0 Å². The monoisotopic (exact) mass is 287 g/mol. The molecule has 1 aliphatic rings. The minimum atomic E-state index is 0.549. The lowest BCUT2D eigenvalue weighted by Gasteiger charge is -2.17. The van der Waals surface area contributed by atoms with Gasteiger partial charge in [0, 0.05) is 27.3 Å². The number of nitrogens with one attached hydrogen (secondary N) is 1. The zero-order valence-corrected chi connectivity index (χ0v) is 11.7. The number of rotatable bonds is 3. The highest BCUT2D eigenvalue weighted by Gasteiger charge is 2.30. The molecule has 1 aromatic rings. The smallest absolute Gasteiger partial charge is 0.0302 e. The molecule has 1 atom stereocenters. The van der Waals surface area contributed by atoms with Gasteiger partial charge in [0.2, 0.25) is 0 Å². The first-order valence-electron chi connectivity index (χ1n) is 5.51. The van der Waals surface area contributed by atoms with E-state index in [-0.39, 0.29) is 0 Å². The molecule has 0 saturated heterocycles. The quantitative estimate of drug-likeness (QED) is 0.880. The summed E-state index contributed by atoms with van der Waals surface area (Å²) in [5.74, 6) is 0. The Labute approximate surface area is 104 Å². The summed E-state index contributed by atoms with van der Waals surface area (Å²) in [7, 11) is 0. The van der Waals surface area contributed by atoms with Crippen LogP contribution in [0.2, 0.25) is 0 Å². The summed E-state index contributed by atoms with van der Waals surface area (Å²) in [6.45, 7) is 5.77. The molecule has 0 bridgehead atoms. The Bertz CT molecular complexity index is 332. The maximum absolute atomic E-state index is 3.66. The second kappa shape index (κ2) is 4.56. The van der Waals surface area contributed by atoms with Crippen LogP contribution in [0.15, 0.2) is 15.9 Å². The number of thiophene rings is 1. The Morgan fingerprint density at radius 2 is 2.40 bits per heavy atom. The predicted octanol–water partition coefficient (Wildman–Crippen LogP) is 4.18. The number of halogens is 1. The summed E-state index contributed by atoms with van der Waals surface area (Å²) in [5.41, 5.74) is 0.549. The second-order valence-corrected chi connectivity index (χ2v) is 7.13. The van der Waals surface area contributed by atoms with Crippen LogP contribution < -0.4 is 5.32 Å². The van der Waals surface area contributed by atoms with E-state index in [2.05, 4.69) is 46.5 Å². The van der Waals surface area contributed by atoms with Gasteiger partial charge in [-0.2, -0.15) is 0 Å². The maximum atomic E-state index is 3.66. The fourth-order valence-electron chi connectivity index (χ4n) is 2.30. The zero-order valence-electron chi connectivity index (χ0n) is 9.35. The average Bonchev–Trinajstić information content (AvgIpc) is 2.69. The Kier molecular flexibility index (Phi) is 3.53. The molecule has 1 heterocycles. The van der Waals surface area contributed by atoms with E-state index in [1.165, 1.54) is 28.6 Å². The van der Waals surface area contributed by atoms with E-state index < -0.39 is 0 Å². The minimum absolute atomic E-state index is 0.549. The van der Waals surface area contributed by atoms with Gasteiger partial charge in [0.15, 0.2) is 0 Å². The van der Waals surface area contributed by atoms with Crippen LogP contribution in [0.1, 0.15) is 38.0 Å². The van der Waals surface area contributed by atoms with Gasteiger partial charge in [0.25, 0.3) is 0 Å². The highest BCUT2D eigenvalue weighted by molar-refractivity contribution is 9.10. The number of hydrogen-bond donors (Lipinski definition) is 1. The van der Waals surface area contributed by atoms with E-state index in [0.717, 1.165) is 12.6 Å². The van der Waals surface area contributed by atoms with E-state index >= 15 is 0 Å². The number of hydrogen-bond acceptors (Lipinski definition) is 2.